The van der Waals surface area contributed by atoms with E-state index in [0.29, 0.717) is 29.0 Å². The Morgan fingerprint density at radius 1 is 1.16 bits per heavy atom. The van der Waals surface area contributed by atoms with Crippen molar-refractivity contribution in [3.63, 3.8) is 0 Å². The van der Waals surface area contributed by atoms with Crippen LogP contribution in [0, 0.1) is 0 Å². The molecule has 1 amide bonds. The average molecular weight is 491 g/mol. The molecule has 0 radical (unpaired) electrons. The van der Waals surface area contributed by atoms with Gasteiger partial charge in [-0.2, -0.15) is 4.31 Å². The van der Waals surface area contributed by atoms with E-state index >= 15 is 0 Å². The number of imidazole rings is 1. The predicted molar refractivity (Wildman–Crippen MR) is 127 cm³/mol. The molecule has 168 valence electrons. The number of benzene rings is 2. The van der Waals surface area contributed by atoms with Gasteiger partial charge < -0.3 is 5.32 Å². The molecule has 1 saturated heterocycles. The zero-order chi connectivity index (χ0) is 22.7. The second-order valence-electron chi connectivity index (χ2n) is 7.44. The van der Waals surface area contributed by atoms with Crippen LogP contribution >= 0.6 is 23.4 Å². The van der Waals surface area contributed by atoms with E-state index in [0.717, 1.165) is 18.5 Å². The molecule has 32 heavy (non-hydrogen) atoms. The number of sulfonamides is 1. The molecule has 1 fully saturated rings. The smallest absolute Gasteiger partial charge is 0.243 e. The summed E-state index contributed by atoms with van der Waals surface area (Å²) in [5.41, 5.74) is 1.40. The van der Waals surface area contributed by atoms with Crippen LogP contribution in [0.5, 0.6) is 0 Å². The largest absolute Gasteiger partial charge is 0.325 e. The lowest BCUT2D eigenvalue weighted by molar-refractivity contribution is -0.115. The van der Waals surface area contributed by atoms with Gasteiger partial charge in [-0.15, -0.1) is 0 Å². The summed E-state index contributed by atoms with van der Waals surface area (Å²) in [7, 11) is -3.47. The van der Waals surface area contributed by atoms with Crippen LogP contribution in [0.1, 0.15) is 19.8 Å². The summed E-state index contributed by atoms with van der Waals surface area (Å²) in [5, 5.41) is 3.70. The van der Waals surface area contributed by atoms with Gasteiger partial charge in [0.2, 0.25) is 15.9 Å². The van der Waals surface area contributed by atoms with Crippen molar-refractivity contribution in [1.29, 1.82) is 0 Å². The number of hydrogen-bond donors (Lipinski definition) is 1. The number of rotatable bonds is 7. The van der Waals surface area contributed by atoms with Gasteiger partial charge in [0.25, 0.3) is 0 Å². The first-order valence-electron chi connectivity index (χ1n) is 10.2. The maximum atomic E-state index is 12.7. The van der Waals surface area contributed by atoms with Crippen molar-refractivity contribution in [1.82, 2.24) is 13.9 Å². The normalized spacial score (nSPS) is 15.6. The third kappa shape index (κ3) is 5.01. The third-order valence-electron chi connectivity index (χ3n) is 5.17. The second-order valence-corrected chi connectivity index (χ2v) is 11.1. The van der Waals surface area contributed by atoms with Gasteiger partial charge in [-0.05, 0) is 62.2 Å². The van der Waals surface area contributed by atoms with Crippen LogP contribution in [0.2, 0.25) is 5.02 Å². The van der Waals surface area contributed by atoms with Crippen LogP contribution in [0.4, 0.5) is 5.69 Å². The highest BCUT2D eigenvalue weighted by Crippen LogP contribution is 2.27. The summed E-state index contributed by atoms with van der Waals surface area (Å²) in [6.07, 6.45) is 5.27. The molecule has 1 aromatic heterocycles. The molecular formula is C22H23ClN4O3S2. The lowest BCUT2D eigenvalue weighted by Gasteiger charge is -2.16. The first-order chi connectivity index (χ1) is 15.3. The first-order valence-corrected chi connectivity index (χ1v) is 12.9. The fourth-order valence-corrected chi connectivity index (χ4v) is 6.03. The Hall–Kier alpha value is -2.33. The molecule has 0 aliphatic carbocycles. The van der Waals surface area contributed by atoms with Crippen molar-refractivity contribution >= 4 is 45.0 Å². The molecule has 4 rings (SSSR count). The Kier molecular flexibility index (Phi) is 6.90. The fraction of sp³-hybridized carbons (Fsp3) is 0.273. The van der Waals surface area contributed by atoms with E-state index in [1.807, 2.05) is 29.0 Å². The lowest BCUT2D eigenvalue weighted by atomic mass is 10.3. The number of anilines is 1. The molecule has 10 heteroatoms. The van der Waals surface area contributed by atoms with Gasteiger partial charge in [-0.25, -0.2) is 13.4 Å². The van der Waals surface area contributed by atoms with Gasteiger partial charge in [0.15, 0.2) is 5.16 Å². The van der Waals surface area contributed by atoms with Crippen molar-refractivity contribution in [3.05, 3.63) is 65.9 Å². The SMILES string of the molecule is CC(Sc1nccn1-c1cccc(Cl)c1)C(=O)Nc1ccc(S(=O)(=O)N2CCCC2)cc1. The van der Waals surface area contributed by atoms with E-state index in [2.05, 4.69) is 10.3 Å². The summed E-state index contributed by atoms with van der Waals surface area (Å²) < 4.78 is 28.7. The van der Waals surface area contributed by atoms with E-state index in [4.69, 9.17) is 11.6 Å². The summed E-state index contributed by atoms with van der Waals surface area (Å²) in [6.45, 7) is 2.91. The van der Waals surface area contributed by atoms with Gasteiger partial charge in [0.1, 0.15) is 0 Å². The van der Waals surface area contributed by atoms with Crippen LogP contribution in [-0.4, -0.2) is 46.5 Å². The first kappa shape index (κ1) is 22.8. The predicted octanol–water partition coefficient (Wildman–Crippen LogP) is 4.43. The third-order valence-corrected chi connectivity index (χ3v) is 8.40. The summed E-state index contributed by atoms with van der Waals surface area (Å²) in [6, 6.07) is 13.7. The maximum Gasteiger partial charge on any atom is 0.243 e. The van der Waals surface area contributed by atoms with Gasteiger partial charge in [-0.3, -0.25) is 9.36 Å². The number of carbonyl (C=O) groups is 1. The molecule has 1 aliphatic rings. The molecule has 1 unspecified atom stereocenters. The van der Waals surface area contributed by atoms with Crippen molar-refractivity contribution in [2.24, 2.45) is 0 Å². The van der Waals surface area contributed by atoms with Crippen LogP contribution in [0.25, 0.3) is 5.69 Å². The average Bonchev–Trinajstić information content (AvgIpc) is 3.47. The summed E-state index contributed by atoms with van der Waals surface area (Å²) in [5.74, 6) is -0.203. The zero-order valence-corrected chi connectivity index (χ0v) is 19.8. The number of carbonyl (C=O) groups excluding carboxylic acids is 1. The van der Waals surface area contributed by atoms with Crippen LogP contribution in [0.3, 0.4) is 0 Å². The standard InChI is InChI=1S/C22H23ClN4O3S2/c1-16(31-22-24-11-14-27(22)19-6-4-5-17(23)15-19)21(28)25-18-7-9-20(10-8-18)32(29,30)26-12-2-3-13-26/h4-11,14-16H,2-3,12-13H2,1H3,(H,25,28). The second kappa shape index (κ2) is 9.66. The number of amides is 1. The molecular weight excluding hydrogens is 468 g/mol. The molecule has 1 atom stereocenters. The molecule has 0 spiro atoms. The van der Waals surface area contributed by atoms with E-state index in [1.165, 1.54) is 28.2 Å². The van der Waals surface area contributed by atoms with Crippen LogP contribution in [-0.2, 0) is 14.8 Å². The minimum atomic E-state index is -3.47. The molecule has 3 aromatic rings. The summed E-state index contributed by atoms with van der Waals surface area (Å²) in [4.78, 5) is 17.3. The van der Waals surface area contributed by atoms with E-state index < -0.39 is 15.3 Å². The van der Waals surface area contributed by atoms with Crippen molar-refractivity contribution in [2.75, 3.05) is 18.4 Å². The molecule has 0 saturated carbocycles. The highest BCUT2D eigenvalue weighted by atomic mass is 35.5. The Balaban J connectivity index is 1.41. The monoisotopic (exact) mass is 490 g/mol. The number of thioether (sulfide) groups is 1. The highest BCUT2D eigenvalue weighted by Gasteiger charge is 2.27. The summed E-state index contributed by atoms with van der Waals surface area (Å²) >= 11 is 7.41. The van der Waals surface area contributed by atoms with Crippen LogP contribution < -0.4 is 5.32 Å². The topological polar surface area (TPSA) is 84.3 Å². The highest BCUT2D eigenvalue weighted by molar-refractivity contribution is 8.00. The van der Waals surface area contributed by atoms with Gasteiger partial charge in [0.05, 0.1) is 10.1 Å². The molecule has 0 bridgehead atoms. The van der Waals surface area contributed by atoms with Crippen molar-refractivity contribution in [2.45, 2.75) is 35.1 Å². The quantitative estimate of drug-likeness (QED) is 0.495. The van der Waals surface area contributed by atoms with E-state index in [9.17, 15) is 13.2 Å². The number of aromatic nitrogens is 2. The molecule has 2 aromatic carbocycles. The van der Waals surface area contributed by atoms with E-state index in [-0.39, 0.29) is 10.8 Å². The van der Waals surface area contributed by atoms with Crippen molar-refractivity contribution in [3.8, 4) is 5.69 Å². The molecule has 2 heterocycles. The number of nitrogens with one attached hydrogen (secondary N) is 1. The minimum Gasteiger partial charge on any atom is -0.325 e. The van der Waals surface area contributed by atoms with Crippen LogP contribution in [0.15, 0.2) is 71.0 Å². The number of halogens is 1. The van der Waals surface area contributed by atoms with Gasteiger partial charge >= 0.3 is 0 Å². The Morgan fingerprint density at radius 3 is 2.56 bits per heavy atom. The number of hydrogen-bond acceptors (Lipinski definition) is 5. The molecule has 1 N–H and O–H groups in total. The Morgan fingerprint density at radius 2 is 1.88 bits per heavy atom. The number of nitrogens with zero attached hydrogens (tertiary/aromatic N) is 3. The Labute approximate surface area is 196 Å². The lowest BCUT2D eigenvalue weighted by Crippen LogP contribution is -2.27. The molecule has 7 nitrogen and oxygen atoms in total. The van der Waals surface area contributed by atoms with E-state index in [1.54, 1.807) is 31.3 Å². The van der Waals surface area contributed by atoms with Crippen molar-refractivity contribution < 1.29 is 13.2 Å². The Bertz CT molecular complexity index is 1210. The van der Waals surface area contributed by atoms with Gasteiger partial charge in [-0.1, -0.05) is 29.4 Å². The van der Waals surface area contributed by atoms with Gasteiger partial charge in [0, 0.05) is 41.9 Å². The maximum absolute atomic E-state index is 12.7. The zero-order valence-electron chi connectivity index (χ0n) is 17.4. The molecule has 1 aliphatic heterocycles. The minimum absolute atomic E-state index is 0.203. The fourth-order valence-electron chi connectivity index (χ4n) is 3.44.